The van der Waals surface area contributed by atoms with E-state index < -0.39 is 49.3 Å². The SMILES string of the molecule is O=C(O)C[C@@H](NC(=O)NCC(F)(F)C(F)F)C(=O)O. The number of aliphatic carboxylic acids is 2. The molecule has 11 heteroatoms. The molecule has 0 spiro atoms. The van der Waals surface area contributed by atoms with Gasteiger partial charge in [-0.3, -0.25) is 4.79 Å². The third-order valence-electron chi connectivity index (χ3n) is 1.79. The van der Waals surface area contributed by atoms with Crippen LogP contribution in [0.4, 0.5) is 22.4 Å². The Bertz CT molecular complexity index is 363. The maximum atomic E-state index is 12.4. The van der Waals surface area contributed by atoms with Crippen molar-refractivity contribution in [2.75, 3.05) is 6.54 Å². The molecule has 0 aliphatic rings. The number of rotatable bonds is 7. The molecule has 2 amide bonds. The average molecular weight is 290 g/mol. The first-order valence-corrected chi connectivity index (χ1v) is 4.71. The summed E-state index contributed by atoms with van der Waals surface area (Å²) in [5.74, 6) is -7.73. The number of hydrogen-bond donors (Lipinski definition) is 4. The number of nitrogens with one attached hydrogen (secondary N) is 2. The van der Waals surface area contributed by atoms with Gasteiger partial charge in [-0.25, -0.2) is 18.4 Å². The first kappa shape index (κ1) is 16.9. The van der Waals surface area contributed by atoms with E-state index in [9.17, 15) is 31.9 Å². The highest BCUT2D eigenvalue weighted by Gasteiger charge is 2.41. The highest BCUT2D eigenvalue weighted by molar-refractivity contribution is 5.86. The van der Waals surface area contributed by atoms with E-state index in [-0.39, 0.29) is 0 Å². The lowest BCUT2D eigenvalue weighted by molar-refractivity contribution is -0.145. The summed E-state index contributed by atoms with van der Waals surface area (Å²) in [5.41, 5.74) is 0. The minimum Gasteiger partial charge on any atom is -0.481 e. The van der Waals surface area contributed by atoms with Crippen LogP contribution in [0.15, 0.2) is 0 Å². The summed E-state index contributed by atoms with van der Waals surface area (Å²) < 4.78 is 48.3. The molecule has 0 saturated heterocycles. The van der Waals surface area contributed by atoms with Gasteiger partial charge in [0.1, 0.15) is 6.04 Å². The fourth-order valence-corrected chi connectivity index (χ4v) is 0.859. The molecule has 0 fully saturated rings. The fourth-order valence-electron chi connectivity index (χ4n) is 0.859. The maximum absolute atomic E-state index is 12.4. The van der Waals surface area contributed by atoms with Gasteiger partial charge in [0.05, 0.1) is 13.0 Å². The van der Waals surface area contributed by atoms with Crippen molar-refractivity contribution in [3.63, 3.8) is 0 Å². The quantitative estimate of drug-likeness (QED) is 0.497. The van der Waals surface area contributed by atoms with Crippen LogP contribution >= 0.6 is 0 Å². The fraction of sp³-hybridized carbons (Fsp3) is 0.625. The molecule has 0 heterocycles. The van der Waals surface area contributed by atoms with E-state index >= 15 is 0 Å². The van der Waals surface area contributed by atoms with E-state index in [4.69, 9.17) is 10.2 Å². The molecule has 19 heavy (non-hydrogen) atoms. The molecule has 0 aromatic carbocycles. The Morgan fingerprint density at radius 3 is 2.05 bits per heavy atom. The van der Waals surface area contributed by atoms with E-state index in [2.05, 4.69) is 0 Å². The van der Waals surface area contributed by atoms with Crippen LogP contribution in [0.25, 0.3) is 0 Å². The van der Waals surface area contributed by atoms with Gasteiger partial charge >= 0.3 is 30.3 Å². The molecule has 0 rings (SSSR count). The van der Waals surface area contributed by atoms with Crippen molar-refractivity contribution in [1.29, 1.82) is 0 Å². The number of carboxylic acid groups (broad SMARTS) is 2. The third kappa shape index (κ3) is 6.43. The molecular formula is C8H10F4N2O5. The second-order valence-corrected chi connectivity index (χ2v) is 3.38. The molecule has 7 nitrogen and oxygen atoms in total. The zero-order valence-electron chi connectivity index (χ0n) is 9.20. The molecule has 0 aromatic rings. The van der Waals surface area contributed by atoms with Crippen molar-refractivity contribution in [3.05, 3.63) is 0 Å². The molecule has 0 unspecified atom stereocenters. The van der Waals surface area contributed by atoms with Crippen molar-refractivity contribution in [1.82, 2.24) is 10.6 Å². The van der Waals surface area contributed by atoms with Crippen LogP contribution in [0.2, 0.25) is 0 Å². The van der Waals surface area contributed by atoms with E-state index in [0.29, 0.717) is 0 Å². The van der Waals surface area contributed by atoms with Gasteiger partial charge in [0.25, 0.3) is 0 Å². The second-order valence-electron chi connectivity index (χ2n) is 3.38. The Balaban J connectivity index is 4.36. The summed E-state index contributed by atoms with van der Waals surface area (Å²) in [4.78, 5) is 31.7. The zero-order chi connectivity index (χ0) is 15.2. The minimum atomic E-state index is -4.47. The lowest BCUT2D eigenvalue weighted by Gasteiger charge is -2.17. The molecule has 0 aliphatic heterocycles. The normalized spacial score (nSPS) is 12.9. The Hall–Kier alpha value is -2.07. The number of hydrogen-bond acceptors (Lipinski definition) is 3. The van der Waals surface area contributed by atoms with Crippen LogP contribution in [0, 0.1) is 0 Å². The summed E-state index contributed by atoms with van der Waals surface area (Å²) in [6.07, 6.45) is -4.99. The smallest absolute Gasteiger partial charge is 0.326 e. The van der Waals surface area contributed by atoms with Crippen LogP contribution in [0.5, 0.6) is 0 Å². The number of alkyl halides is 4. The highest BCUT2D eigenvalue weighted by atomic mass is 19.3. The molecule has 4 N–H and O–H groups in total. The van der Waals surface area contributed by atoms with Crippen molar-refractivity contribution >= 4 is 18.0 Å². The average Bonchev–Trinajstić information content (AvgIpc) is 2.24. The number of carbonyl (C=O) groups is 3. The first-order valence-electron chi connectivity index (χ1n) is 4.71. The summed E-state index contributed by atoms with van der Waals surface area (Å²) >= 11 is 0. The van der Waals surface area contributed by atoms with Crippen LogP contribution in [-0.4, -0.2) is 53.1 Å². The van der Waals surface area contributed by atoms with Gasteiger partial charge in [0.15, 0.2) is 0 Å². The number of halogens is 4. The van der Waals surface area contributed by atoms with Gasteiger partial charge < -0.3 is 20.8 Å². The Labute approximate surface area is 103 Å². The van der Waals surface area contributed by atoms with Crippen molar-refractivity contribution in [2.45, 2.75) is 24.8 Å². The predicted octanol–water partition coefficient (Wildman–Crippen LogP) is 0.114. The number of urea groups is 1. The largest absolute Gasteiger partial charge is 0.481 e. The zero-order valence-corrected chi connectivity index (χ0v) is 9.20. The maximum Gasteiger partial charge on any atom is 0.326 e. The second kappa shape index (κ2) is 6.75. The number of amides is 2. The van der Waals surface area contributed by atoms with Gasteiger partial charge in [-0.15, -0.1) is 0 Å². The van der Waals surface area contributed by atoms with Crippen LogP contribution in [-0.2, 0) is 9.59 Å². The predicted molar refractivity (Wildman–Crippen MR) is 51.2 cm³/mol. The van der Waals surface area contributed by atoms with E-state index in [0.717, 1.165) is 0 Å². The number of carbonyl (C=O) groups excluding carboxylic acids is 1. The molecule has 0 bridgehead atoms. The standard InChI is InChI=1S/C8H10F4N2O5/c9-6(10)8(11,12)2-13-7(19)14-3(5(17)18)1-4(15)16/h3,6H,1-2H2,(H,15,16)(H,17,18)(H2,13,14,19)/t3-/m1/s1. The van der Waals surface area contributed by atoms with Gasteiger partial charge in [-0.05, 0) is 0 Å². The molecule has 110 valence electrons. The van der Waals surface area contributed by atoms with Crippen molar-refractivity contribution < 1.29 is 42.2 Å². The van der Waals surface area contributed by atoms with Gasteiger partial charge in [0.2, 0.25) is 0 Å². The first-order chi connectivity index (χ1) is 8.56. The van der Waals surface area contributed by atoms with E-state index in [1.807, 2.05) is 0 Å². The van der Waals surface area contributed by atoms with Gasteiger partial charge in [-0.2, -0.15) is 8.78 Å². The van der Waals surface area contributed by atoms with Gasteiger partial charge in [0, 0.05) is 0 Å². The topological polar surface area (TPSA) is 116 Å². The molecule has 0 aliphatic carbocycles. The van der Waals surface area contributed by atoms with E-state index in [1.54, 1.807) is 5.32 Å². The molecule has 0 saturated carbocycles. The highest BCUT2D eigenvalue weighted by Crippen LogP contribution is 2.21. The summed E-state index contributed by atoms with van der Waals surface area (Å²) in [6.45, 7) is -1.71. The lowest BCUT2D eigenvalue weighted by atomic mass is 10.2. The van der Waals surface area contributed by atoms with Crippen LogP contribution < -0.4 is 10.6 Å². The van der Waals surface area contributed by atoms with Crippen molar-refractivity contribution in [3.8, 4) is 0 Å². The van der Waals surface area contributed by atoms with Crippen LogP contribution in [0.1, 0.15) is 6.42 Å². The summed E-state index contributed by atoms with van der Waals surface area (Å²) in [7, 11) is 0. The molecule has 0 radical (unpaired) electrons. The summed E-state index contributed by atoms with van der Waals surface area (Å²) in [5, 5.41) is 19.7. The third-order valence-corrected chi connectivity index (χ3v) is 1.79. The van der Waals surface area contributed by atoms with Crippen LogP contribution in [0.3, 0.4) is 0 Å². The van der Waals surface area contributed by atoms with Gasteiger partial charge in [-0.1, -0.05) is 0 Å². The van der Waals surface area contributed by atoms with E-state index in [1.165, 1.54) is 5.32 Å². The molecule has 0 aromatic heterocycles. The Kier molecular flexibility index (Phi) is 6.02. The lowest BCUT2D eigenvalue weighted by Crippen LogP contribution is -2.50. The Morgan fingerprint density at radius 2 is 1.68 bits per heavy atom. The summed E-state index contributed by atoms with van der Waals surface area (Å²) in [6, 6.07) is -3.35. The molecule has 1 atom stereocenters. The Morgan fingerprint density at radius 1 is 1.16 bits per heavy atom. The molecular weight excluding hydrogens is 280 g/mol. The minimum absolute atomic E-state index is 0.992. The van der Waals surface area contributed by atoms with Crippen molar-refractivity contribution in [2.24, 2.45) is 0 Å². The monoisotopic (exact) mass is 290 g/mol. The number of carboxylic acids is 2.